The fraction of sp³-hybridized carbons (Fsp3) is 0. The molecule has 0 fully saturated rings. The van der Waals surface area contributed by atoms with E-state index in [1.165, 1.54) is 18.2 Å². The topological polar surface area (TPSA) is 61.4 Å². The lowest BCUT2D eigenvalue weighted by molar-refractivity contribution is -0.115. The highest BCUT2D eigenvalue weighted by Gasteiger charge is 2.10. The first-order chi connectivity index (χ1) is 11.3. The molecule has 0 aliphatic carbocycles. The molecule has 0 bridgehead atoms. The number of phenols is 1. The highest BCUT2D eigenvalue weighted by Crippen LogP contribution is 2.34. The van der Waals surface area contributed by atoms with Gasteiger partial charge in [0.1, 0.15) is 0 Å². The summed E-state index contributed by atoms with van der Waals surface area (Å²) >= 11 is 22.5. The van der Waals surface area contributed by atoms with E-state index in [1.807, 2.05) is 0 Å². The molecule has 8 heteroatoms. The Balaban J connectivity index is 1.97. The van der Waals surface area contributed by atoms with Gasteiger partial charge in [-0.2, -0.15) is 0 Å². The molecule has 1 amide bonds. The van der Waals surface area contributed by atoms with Gasteiger partial charge in [0.2, 0.25) is 5.91 Å². The molecule has 0 aliphatic heterocycles. The monoisotopic (exact) mass is 400 g/mol. The number of thiocarbonyl (C=S) groups is 1. The molecular weight excluding hydrogens is 391 g/mol. The van der Waals surface area contributed by atoms with Crippen molar-refractivity contribution in [2.24, 2.45) is 0 Å². The Kier molecular flexibility index (Phi) is 6.45. The Hall–Kier alpha value is -1.79. The molecule has 0 aliphatic rings. The standard InChI is InChI=1S/C16H11Cl3N2O2S/c17-10-4-1-9(2-5-10)3-6-14(22)21-16(24)20-13-8-11(18)7-12(19)15(13)23/h1-8,23H,(H2,20,21,22,24)/b6-3+. The zero-order valence-electron chi connectivity index (χ0n) is 12.0. The van der Waals surface area contributed by atoms with Crippen LogP contribution in [0.3, 0.4) is 0 Å². The van der Waals surface area contributed by atoms with Crippen molar-refractivity contribution < 1.29 is 9.90 Å². The van der Waals surface area contributed by atoms with Crippen LogP contribution < -0.4 is 10.6 Å². The lowest BCUT2D eigenvalue weighted by atomic mass is 10.2. The zero-order valence-corrected chi connectivity index (χ0v) is 15.1. The lowest BCUT2D eigenvalue weighted by Gasteiger charge is -2.11. The Morgan fingerprint density at radius 3 is 2.42 bits per heavy atom. The first-order valence-electron chi connectivity index (χ1n) is 6.59. The molecule has 0 saturated carbocycles. The molecule has 2 rings (SSSR count). The van der Waals surface area contributed by atoms with Crippen LogP contribution in [0.15, 0.2) is 42.5 Å². The van der Waals surface area contributed by atoms with Crippen LogP contribution >= 0.6 is 47.0 Å². The fourth-order valence-corrected chi connectivity index (χ4v) is 2.54. The minimum Gasteiger partial charge on any atom is -0.504 e. The SMILES string of the molecule is O=C(/C=C/c1ccc(Cl)cc1)NC(=S)Nc1cc(Cl)cc(Cl)c1O. The number of benzene rings is 2. The van der Waals surface area contributed by atoms with E-state index in [-0.39, 0.29) is 21.6 Å². The first kappa shape index (κ1) is 18.5. The number of anilines is 1. The Bertz CT molecular complexity index is 808. The predicted molar refractivity (Wildman–Crippen MR) is 103 cm³/mol. The van der Waals surface area contributed by atoms with Crippen molar-refractivity contribution in [2.75, 3.05) is 5.32 Å². The van der Waals surface area contributed by atoms with Crippen LogP contribution in [-0.4, -0.2) is 16.1 Å². The molecule has 2 aromatic carbocycles. The van der Waals surface area contributed by atoms with Crippen LogP contribution in [-0.2, 0) is 4.79 Å². The van der Waals surface area contributed by atoms with E-state index in [4.69, 9.17) is 47.0 Å². The number of amides is 1. The van der Waals surface area contributed by atoms with E-state index < -0.39 is 5.91 Å². The molecule has 0 unspecified atom stereocenters. The molecule has 124 valence electrons. The van der Waals surface area contributed by atoms with Crippen molar-refractivity contribution in [3.05, 3.63) is 63.1 Å². The number of carbonyl (C=O) groups excluding carboxylic acids is 1. The van der Waals surface area contributed by atoms with Crippen molar-refractivity contribution in [2.45, 2.75) is 0 Å². The van der Waals surface area contributed by atoms with Gasteiger partial charge in [-0.25, -0.2) is 0 Å². The van der Waals surface area contributed by atoms with Crippen LogP contribution in [0.25, 0.3) is 6.08 Å². The molecule has 2 aromatic rings. The Labute approximate surface area is 159 Å². The molecule has 0 radical (unpaired) electrons. The van der Waals surface area contributed by atoms with Crippen molar-refractivity contribution in [1.82, 2.24) is 5.32 Å². The molecule has 0 atom stereocenters. The molecule has 0 heterocycles. The molecule has 3 N–H and O–H groups in total. The van der Waals surface area contributed by atoms with Crippen LogP contribution in [0.1, 0.15) is 5.56 Å². The normalized spacial score (nSPS) is 10.6. The van der Waals surface area contributed by atoms with Crippen LogP contribution in [0.2, 0.25) is 15.1 Å². The number of hydrogen-bond acceptors (Lipinski definition) is 3. The molecular formula is C16H11Cl3N2O2S. The number of aromatic hydroxyl groups is 1. The van der Waals surface area contributed by atoms with E-state index in [1.54, 1.807) is 30.3 Å². The van der Waals surface area contributed by atoms with Gasteiger partial charge in [0, 0.05) is 16.1 Å². The molecule has 0 saturated heterocycles. The third kappa shape index (κ3) is 5.39. The summed E-state index contributed by atoms with van der Waals surface area (Å²) < 4.78 is 0. The maximum atomic E-state index is 11.8. The number of hydrogen-bond donors (Lipinski definition) is 3. The molecule has 4 nitrogen and oxygen atoms in total. The summed E-state index contributed by atoms with van der Waals surface area (Å²) in [5.41, 5.74) is 1.01. The van der Waals surface area contributed by atoms with Gasteiger partial charge < -0.3 is 10.4 Å². The van der Waals surface area contributed by atoms with Crippen LogP contribution in [0.4, 0.5) is 5.69 Å². The second-order valence-corrected chi connectivity index (χ2v) is 6.30. The number of halogens is 3. The maximum Gasteiger partial charge on any atom is 0.250 e. The van der Waals surface area contributed by atoms with Gasteiger partial charge in [-0.15, -0.1) is 0 Å². The average Bonchev–Trinajstić information content (AvgIpc) is 2.51. The summed E-state index contributed by atoms with van der Waals surface area (Å²) in [5, 5.41) is 15.9. The van der Waals surface area contributed by atoms with Gasteiger partial charge in [0.15, 0.2) is 10.9 Å². The largest absolute Gasteiger partial charge is 0.504 e. The third-order valence-corrected chi connectivity index (χ3v) is 3.77. The summed E-state index contributed by atoms with van der Waals surface area (Å²) in [4.78, 5) is 11.8. The zero-order chi connectivity index (χ0) is 17.7. The van der Waals surface area contributed by atoms with Gasteiger partial charge in [0.05, 0.1) is 10.7 Å². The van der Waals surface area contributed by atoms with Crippen LogP contribution in [0.5, 0.6) is 5.75 Å². The van der Waals surface area contributed by atoms with E-state index in [0.29, 0.717) is 10.0 Å². The summed E-state index contributed by atoms with van der Waals surface area (Å²) in [6, 6.07) is 9.81. The average molecular weight is 402 g/mol. The minimum atomic E-state index is -0.435. The number of nitrogens with one attached hydrogen (secondary N) is 2. The predicted octanol–water partition coefficient (Wildman–Crippen LogP) is 4.88. The Morgan fingerprint density at radius 2 is 1.75 bits per heavy atom. The lowest BCUT2D eigenvalue weighted by Crippen LogP contribution is -2.32. The van der Waals surface area contributed by atoms with Crippen molar-refractivity contribution in [3.63, 3.8) is 0 Å². The van der Waals surface area contributed by atoms with E-state index in [2.05, 4.69) is 10.6 Å². The van der Waals surface area contributed by atoms with Gasteiger partial charge in [-0.3, -0.25) is 10.1 Å². The third-order valence-electron chi connectivity index (χ3n) is 2.81. The smallest absolute Gasteiger partial charge is 0.250 e. The number of rotatable bonds is 3. The van der Waals surface area contributed by atoms with E-state index in [9.17, 15) is 9.90 Å². The second-order valence-electron chi connectivity index (χ2n) is 4.61. The number of carbonyl (C=O) groups is 1. The highest BCUT2D eigenvalue weighted by atomic mass is 35.5. The molecule has 0 spiro atoms. The van der Waals surface area contributed by atoms with Gasteiger partial charge >= 0.3 is 0 Å². The van der Waals surface area contributed by atoms with Crippen molar-refractivity contribution in [1.29, 1.82) is 0 Å². The number of phenolic OH excluding ortho intramolecular Hbond substituents is 1. The highest BCUT2D eigenvalue weighted by molar-refractivity contribution is 7.80. The van der Waals surface area contributed by atoms with Crippen LogP contribution in [0, 0.1) is 0 Å². The second kappa shape index (κ2) is 8.35. The van der Waals surface area contributed by atoms with E-state index in [0.717, 1.165) is 5.56 Å². The van der Waals surface area contributed by atoms with Gasteiger partial charge in [-0.1, -0.05) is 46.9 Å². The van der Waals surface area contributed by atoms with Crippen molar-refractivity contribution >= 4 is 69.8 Å². The molecule has 24 heavy (non-hydrogen) atoms. The van der Waals surface area contributed by atoms with Crippen molar-refractivity contribution in [3.8, 4) is 5.75 Å². The summed E-state index contributed by atoms with van der Waals surface area (Å²) in [6.45, 7) is 0. The summed E-state index contributed by atoms with van der Waals surface area (Å²) in [7, 11) is 0. The summed E-state index contributed by atoms with van der Waals surface area (Å²) in [6.07, 6.45) is 2.93. The quantitative estimate of drug-likeness (QED) is 0.390. The van der Waals surface area contributed by atoms with E-state index >= 15 is 0 Å². The first-order valence-corrected chi connectivity index (χ1v) is 8.13. The van der Waals surface area contributed by atoms with Gasteiger partial charge in [-0.05, 0) is 48.1 Å². The molecule has 0 aromatic heterocycles. The van der Waals surface area contributed by atoms with Gasteiger partial charge in [0.25, 0.3) is 0 Å². The maximum absolute atomic E-state index is 11.8. The summed E-state index contributed by atoms with van der Waals surface area (Å²) in [5.74, 6) is -0.649. The minimum absolute atomic E-state index is 0.00519. The fourth-order valence-electron chi connectivity index (χ4n) is 1.71. The Morgan fingerprint density at radius 1 is 1.08 bits per heavy atom.